The Morgan fingerprint density at radius 3 is 2.35 bits per heavy atom. The normalized spacial score (nSPS) is 12.6. The van der Waals surface area contributed by atoms with Gasteiger partial charge in [-0.3, -0.25) is 4.21 Å². The molecule has 0 saturated heterocycles. The fourth-order valence-corrected chi connectivity index (χ4v) is 3.12. The third-order valence-electron chi connectivity index (χ3n) is 3.24. The van der Waals surface area contributed by atoms with Crippen LogP contribution in [0.1, 0.15) is 30.9 Å². The number of rotatable bonds is 4. The molecule has 0 aliphatic heterocycles. The molecular formula is C16H18FNOS. The average molecular weight is 291 g/mol. The first kappa shape index (κ1) is 14.7. The van der Waals surface area contributed by atoms with Crippen molar-refractivity contribution >= 4 is 16.5 Å². The van der Waals surface area contributed by atoms with Crippen molar-refractivity contribution in [2.75, 3.05) is 5.73 Å². The highest BCUT2D eigenvalue weighted by Gasteiger charge is 2.12. The molecule has 4 heteroatoms. The molecule has 0 spiro atoms. The van der Waals surface area contributed by atoms with Crippen molar-refractivity contribution in [2.24, 2.45) is 0 Å². The van der Waals surface area contributed by atoms with Gasteiger partial charge >= 0.3 is 0 Å². The highest BCUT2D eigenvalue weighted by molar-refractivity contribution is 7.84. The zero-order valence-corrected chi connectivity index (χ0v) is 12.4. The first-order chi connectivity index (χ1) is 9.49. The van der Waals surface area contributed by atoms with Gasteiger partial charge in [-0.1, -0.05) is 32.0 Å². The van der Waals surface area contributed by atoms with Crippen LogP contribution in [-0.4, -0.2) is 4.21 Å². The summed E-state index contributed by atoms with van der Waals surface area (Å²) in [6, 6.07) is 12.1. The summed E-state index contributed by atoms with van der Waals surface area (Å²) >= 11 is 0. The number of nitrogen functional groups attached to an aromatic ring is 1. The highest BCUT2D eigenvalue weighted by Crippen LogP contribution is 2.22. The van der Waals surface area contributed by atoms with Gasteiger partial charge in [0.2, 0.25) is 0 Å². The number of anilines is 1. The molecule has 1 atom stereocenters. The summed E-state index contributed by atoms with van der Waals surface area (Å²) in [5, 5.41) is 0. The van der Waals surface area contributed by atoms with Crippen LogP contribution in [0.3, 0.4) is 0 Å². The molecule has 2 aromatic rings. The molecule has 0 aromatic heterocycles. The van der Waals surface area contributed by atoms with Gasteiger partial charge in [0.1, 0.15) is 5.82 Å². The first-order valence-electron chi connectivity index (χ1n) is 6.50. The van der Waals surface area contributed by atoms with E-state index in [9.17, 15) is 8.60 Å². The maximum atomic E-state index is 13.7. The van der Waals surface area contributed by atoms with Crippen molar-refractivity contribution in [2.45, 2.75) is 30.4 Å². The molecule has 1 unspecified atom stereocenters. The van der Waals surface area contributed by atoms with E-state index < -0.39 is 16.6 Å². The van der Waals surface area contributed by atoms with Crippen molar-refractivity contribution < 1.29 is 8.60 Å². The minimum Gasteiger partial charge on any atom is -0.398 e. The number of hydrogen-bond donors (Lipinski definition) is 1. The predicted molar refractivity (Wildman–Crippen MR) is 81.5 cm³/mol. The highest BCUT2D eigenvalue weighted by atomic mass is 32.2. The number of nitrogens with two attached hydrogens (primary N) is 1. The molecule has 106 valence electrons. The van der Waals surface area contributed by atoms with E-state index in [0.717, 1.165) is 0 Å². The average Bonchev–Trinajstić information content (AvgIpc) is 2.43. The molecule has 0 saturated carbocycles. The molecule has 20 heavy (non-hydrogen) atoms. The maximum Gasteiger partial charge on any atom is 0.129 e. The lowest BCUT2D eigenvalue weighted by molar-refractivity contribution is 0.616. The zero-order chi connectivity index (χ0) is 14.7. The molecule has 0 aliphatic rings. The lowest BCUT2D eigenvalue weighted by Gasteiger charge is -2.09. The van der Waals surface area contributed by atoms with Crippen LogP contribution >= 0.6 is 0 Å². The molecule has 2 nitrogen and oxygen atoms in total. The molecule has 2 aromatic carbocycles. The quantitative estimate of drug-likeness (QED) is 0.870. The topological polar surface area (TPSA) is 43.1 Å². The van der Waals surface area contributed by atoms with E-state index in [-0.39, 0.29) is 5.75 Å². The van der Waals surface area contributed by atoms with E-state index in [1.54, 1.807) is 12.1 Å². The van der Waals surface area contributed by atoms with Crippen LogP contribution in [0.4, 0.5) is 10.1 Å². The first-order valence-corrected chi connectivity index (χ1v) is 7.82. The van der Waals surface area contributed by atoms with Gasteiger partial charge in [-0.2, -0.15) is 0 Å². The summed E-state index contributed by atoms with van der Waals surface area (Å²) in [7, 11) is -1.30. The summed E-state index contributed by atoms with van der Waals surface area (Å²) in [6.45, 7) is 4.21. The summed E-state index contributed by atoms with van der Waals surface area (Å²) in [6.07, 6.45) is 0. The van der Waals surface area contributed by atoms with Crippen LogP contribution in [0, 0.1) is 5.82 Å². The van der Waals surface area contributed by atoms with E-state index in [1.165, 1.54) is 11.6 Å². The third-order valence-corrected chi connectivity index (χ3v) is 4.59. The van der Waals surface area contributed by atoms with Gasteiger partial charge in [-0.25, -0.2) is 4.39 Å². The number of benzene rings is 2. The fourth-order valence-electron chi connectivity index (χ4n) is 1.95. The Morgan fingerprint density at radius 1 is 1.15 bits per heavy atom. The van der Waals surface area contributed by atoms with Gasteiger partial charge < -0.3 is 5.73 Å². The molecule has 0 fully saturated rings. The Bertz CT molecular complexity index is 603. The Balaban J connectivity index is 2.20. The molecule has 0 bridgehead atoms. The number of hydrogen-bond acceptors (Lipinski definition) is 2. The molecule has 0 radical (unpaired) electrons. The lowest BCUT2D eigenvalue weighted by atomic mass is 10.0. The van der Waals surface area contributed by atoms with Crippen LogP contribution in [0.2, 0.25) is 0 Å². The van der Waals surface area contributed by atoms with Crippen molar-refractivity contribution in [3.63, 3.8) is 0 Å². The van der Waals surface area contributed by atoms with E-state index >= 15 is 0 Å². The Kier molecular flexibility index (Phi) is 4.55. The Hall–Kier alpha value is -1.68. The van der Waals surface area contributed by atoms with Crippen molar-refractivity contribution in [1.29, 1.82) is 0 Å². The van der Waals surface area contributed by atoms with Crippen LogP contribution in [0.25, 0.3) is 0 Å². The van der Waals surface area contributed by atoms with Gasteiger partial charge in [-0.05, 0) is 35.7 Å². The van der Waals surface area contributed by atoms with Gasteiger partial charge in [0.15, 0.2) is 0 Å². The lowest BCUT2D eigenvalue weighted by Crippen LogP contribution is -2.03. The van der Waals surface area contributed by atoms with E-state index in [2.05, 4.69) is 13.8 Å². The third kappa shape index (κ3) is 3.25. The molecule has 2 rings (SSSR count). The SMILES string of the molecule is CC(C)c1ccc(S(=O)Cc2c(N)cccc2F)cc1. The van der Waals surface area contributed by atoms with Crippen molar-refractivity contribution in [1.82, 2.24) is 0 Å². The van der Waals surface area contributed by atoms with Gasteiger partial charge in [0.25, 0.3) is 0 Å². The maximum absolute atomic E-state index is 13.7. The van der Waals surface area contributed by atoms with E-state index in [0.29, 0.717) is 22.1 Å². The second-order valence-corrected chi connectivity index (χ2v) is 6.47. The zero-order valence-electron chi connectivity index (χ0n) is 11.6. The predicted octanol–water partition coefficient (Wildman–Crippen LogP) is 3.84. The van der Waals surface area contributed by atoms with Crippen LogP contribution in [-0.2, 0) is 16.6 Å². The summed E-state index contributed by atoms with van der Waals surface area (Å²) in [5.74, 6) is 0.122. The molecule has 0 heterocycles. The summed E-state index contributed by atoms with van der Waals surface area (Å²) < 4.78 is 26.0. The molecule has 0 aliphatic carbocycles. The molecular weight excluding hydrogens is 273 g/mol. The second kappa shape index (κ2) is 6.18. The Labute approximate surface area is 121 Å². The molecule has 2 N–H and O–H groups in total. The van der Waals surface area contributed by atoms with E-state index in [1.807, 2.05) is 24.3 Å². The summed E-state index contributed by atoms with van der Waals surface area (Å²) in [5.41, 5.74) is 7.59. The van der Waals surface area contributed by atoms with Gasteiger partial charge in [-0.15, -0.1) is 0 Å². The van der Waals surface area contributed by atoms with Crippen molar-refractivity contribution in [3.05, 3.63) is 59.4 Å². The van der Waals surface area contributed by atoms with E-state index in [4.69, 9.17) is 5.73 Å². The van der Waals surface area contributed by atoms with Gasteiger partial charge in [0.05, 0.1) is 16.6 Å². The fraction of sp³-hybridized carbons (Fsp3) is 0.250. The minimum absolute atomic E-state index is 0.0968. The Morgan fingerprint density at radius 2 is 1.80 bits per heavy atom. The second-order valence-electron chi connectivity index (χ2n) is 5.02. The van der Waals surface area contributed by atoms with Crippen LogP contribution < -0.4 is 5.73 Å². The summed E-state index contributed by atoms with van der Waals surface area (Å²) in [4.78, 5) is 0.692. The molecule has 0 amide bonds. The van der Waals surface area contributed by atoms with Crippen LogP contribution in [0.5, 0.6) is 0 Å². The smallest absolute Gasteiger partial charge is 0.129 e. The number of halogens is 1. The standard InChI is InChI=1S/C16H18FNOS/c1-11(2)12-6-8-13(9-7-12)20(19)10-14-15(17)4-3-5-16(14)18/h3-9,11H,10,18H2,1-2H3. The monoisotopic (exact) mass is 291 g/mol. The van der Waals surface area contributed by atoms with Crippen LogP contribution in [0.15, 0.2) is 47.4 Å². The largest absolute Gasteiger partial charge is 0.398 e. The van der Waals surface area contributed by atoms with Gasteiger partial charge in [0, 0.05) is 16.1 Å². The van der Waals surface area contributed by atoms with Crippen molar-refractivity contribution in [3.8, 4) is 0 Å². The minimum atomic E-state index is -1.30.